The monoisotopic (exact) mass is 252 g/mol. The molecule has 1 aliphatic rings. The van der Waals surface area contributed by atoms with Crippen LogP contribution in [-0.4, -0.2) is 4.98 Å². The lowest BCUT2D eigenvalue weighted by atomic mass is 10.0. The summed E-state index contributed by atoms with van der Waals surface area (Å²) in [5.41, 5.74) is 4.02. The SMILES string of the molecule is Cc1cnccc1CNC(c1ccccc1)C1CC1. The van der Waals surface area contributed by atoms with Crippen LogP contribution in [0.2, 0.25) is 0 Å². The van der Waals surface area contributed by atoms with Gasteiger partial charge in [0.25, 0.3) is 0 Å². The van der Waals surface area contributed by atoms with Crippen molar-refractivity contribution in [2.75, 3.05) is 0 Å². The van der Waals surface area contributed by atoms with Gasteiger partial charge in [-0.2, -0.15) is 0 Å². The largest absolute Gasteiger partial charge is 0.306 e. The highest BCUT2D eigenvalue weighted by atomic mass is 14.9. The van der Waals surface area contributed by atoms with Gasteiger partial charge in [0, 0.05) is 25.0 Å². The number of hydrogen-bond acceptors (Lipinski definition) is 2. The number of pyridine rings is 1. The molecule has 2 aromatic rings. The number of aromatic nitrogens is 1. The minimum Gasteiger partial charge on any atom is -0.306 e. The Kier molecular flexibility index (Phi) is 3.60. The molecule has 1 heterocycles. The smallest absolute Gasteiger partial charge is 0.0351 e. The first kappa shape index (κ1) is 12.4. The van der Waals surface area contributed by atoms with Gasteiger partial charge in [0.15, 0.2) is 0 Å². The van der Waals surface area contributed by atoms with E-state index in [0.717, 1.165) is 12.5 Å². The quantitative estimate of drug-likeness (QED) is 0.879. The zero-order chi connectivity index (χ0) is 13.1. The number of nitrogens with zero attached hydrogens (tertiary/aromatic N) is 1. The third-order valence-corrected chi connectivity index (χ3v) is 3.90. The van der Waals surface area contributed by atoms with Crippen LogP contribution in [0.5, 0.6) is 0 Å². The Morgan fingerprint density at radius 3 is 2.68 bits per heavy atom. The van der Waals surface area contributed by atoms with Gasteiger partial charge in [-0.3, -0.25) is 4.98 Å². The zero-order valence-corrected chi connectivity index (χ0v) is 11.3. The van der Waals surface area contributed by atoms with Crippen molar-refractivity contribution in [3.05, 3.63) is 65.5 Å². The molecule has 0 bridgehead atoms. The van der Waals surface area contributed by atoms with Gasteiger partial charge in [0.05, 0.1) is 0 Å². The Morgan fingerprint density at radius 2 is 2.00 bits per heavy atom. The second-order valence-electron chi connectivity index (χ2n) is 5.41. The van der Waals surface area contributed by atoms with Gasteiger partial charge >= 0.3 is 0 Å². The highest BCUT2D eigenvalue weighted by molar-refractivity contribution is 5.24. The van der Waals surface area contributed by atoms with Crippen molar-refractivity contribution in [1.29, 1.82) is 0 Å². The third-order valence-electron chi connectivity index (χ3n) is 3.90. The maximum atomic E-state index is 4.15. The first-order valence-electron chi connectivity index (χ1n) is 7.02. The first-order chi connectivity index (χ1) is 9.34. The lowest BCUT2D eigenvalue weighted by Crippen LogP contribution is -2.23. The summed E-state index contributed by atoms with van der Waals surface area (Å²) in [6.07, 6.45) is 6.51. The minimum absolute atomic E-state index is 0.494. The number of nitrogens with one attached hydrogen (secondary N) is 1. The lowest BCUT2D eigenvalue weighted by molar-refractivity contribution is 0.479. The van der Waals surface area contributed by atoms with Crippen LogP contribution in [0.15, 0.2) is 48.8 Å². The molecule has 0 radical (unpaired) electrons. The van der Waals surface area contributed by atoms with E-state index in [1.165, 1.54) is 29.5 Å². The standard InChI is InChI=1S/C17H20N2/c1-13-11-18-10-9-16(13)12-19-17(15-7-8-15)14-5-3-2-4-6-14/h2-6,9-11,15,17,19H,7-8,12H2,1H3. The summed E-state index contributed by atoms with van der Waals surface area (Å²) in [7, 11) is 0. The van der Waals surface area contributed by atoms with E-state index >= 15 is 0 Å². The second-order valence-corrected chi connectivity index (χ2v) is 5.41. The van der Waals surface area contributed by atoms with E-state index in [9.17, 15) is 0 Å². The predicted octanol–water partition coefficient (Wildman–Crippen LogP) is 3.63. The fourth-order valence-electron chi connectivity index (χ4n) is 2.57. The maximum Gasteiger partial charge on any atom is 0.0351 e. The summed E-state index contributed by atoms with van der Waals surface area (Å²) in [5.74, 6) is 0.810. The molecule has 0 aliphatic heterocycles. The van der Waals surface area contributed by atoms with Crippen molar-refractivity contribution >= 4 is 0 Å². The van der Waals surface area contributed by atoms with E-state index in [2.05, 4.69) is 53.6 Å². The summed E-state index contributed by atoms with van der Waals surface area (Å²) in [5, 5.41) is 3.73. The van der Waals surface area contributed by atoms with E-state index in [1.807, 2.05) is 12.4 Å². The van der Waals surface area contributed by atoms with E-state index in [1.54, 1.807) is 0 Å². The molecular formula is C17H20N2. The zero-order valence-electron chi connectivity index (χ0n) is 11.3. The summed E-state index contributed by atoms with van der Waals surface area (Å²) in [6.45, 7) is 3.04. The normalized spacial score (nSPS) is 16.3. The molecule has 1 unspecified atom stereocenters. The number of hydrogen-bond donors (Lipinski definition) is 1. The Labute approximate surface area is 114 Å². The van der Waals surface area contributed by atoms with E-state index in [0.29, 0.717) is 6.04 Å². The van der Waals surface area contributed by atoms with E-state index in [4.69, 9.17) is 0 Å². The molecule has 1 aromatic heterocycles. The fourth-order valence-corrected chi connectivity index (χ4v) is 2.57. The molecule has 19 heavy (non-hydrogen) atoms. The van der Waals surface area contributed by atoms with Crippen molar-refractivity contribution in [2.24, 2.45) is 5.92 Å². The van der Waals surface area contributed by atoms with Crippen molar-refractivity contribution in [2.45, 2.75) is 32.4 Å². The van der Waals surface area contributed by atoms with Crippen LogP contribution in [-0.2, 0) is 6.54 Å². The highest BCUT2D eigenvalue weighted by Gasteiger charge is 2.31. The molecule has 1 fully saturated rings. The van der Waals surface area contributed by atoms with Gasteiger partial charge in [0.2, 0.25) is 0 Å². The van der Waals surface area contributed by atoms with Gasteiger partial charge in [-0.25, -0.2) is 0 Å². The molecule has 3 rings (SSSR count). The van der Waals surface area contributed by atoms with Crippen LogP contribution in [0, 0.1) is 12.8 Å². The second kappa shape index (κ2) is 5.54. The minimum atomic E-state index is 0.494. The summed E-state index contributed by atoms with van der Waals surface area (Å²) in [6, 6.07) is 13.4. The van der Waals surface area contributed by atoms with Gasteiger partial charge in [-0.15, -0.1) is 0 Å². The third kappa shape index (κ3) is 3.02. The summed E-state index contributed by atoms with van der Waals surface area (Å²) in [4.78, 5) is 4.15. The van der Waals surface area contributed by atoms with Crippen molar-refractivity contribution < 1.29 is 0 Å². The van der Waals surface area contributed by atoms with Gasteiger partial charge < -0.3 is 5.32 Å². The van der Waals surface area contributed by atoms with Gasteiger partial charge in [-0.05, 0) is 48.4 Å². The molecule has 2 nitrogen and oxygen atoms in total. The van der Waals surface area contributed by atoms with E-state index < -0.39 is 0 Å². The van der Waals surface area contributed by atoms with Crippen LogP contribution < -0.4 is 5.32 Å². The molecule has 1 saturated carbocycles. The van der Waals surface area contributed by atoms with Crippen LogP contribution in [0.1, 0.15) is 35.6 Å². The molecular weight excluding hydrogens is 232 g/mol. The van der Waals surface area contributed by atoms with Crippen LogP contribution >= 0.6 is 0 Å². The lowest BCUT2D eigenvalue weighted by Gasteiger charge is -2.19. The van der Waals surface area contributed by atoms with Crippen molar-refractivity contribution in [1.82, 2.24) is 10.3 Å². The number of aryl methyl sites for hydroxylation is 1. The number of benzene rings is 1. The average Bonchev–Trinajstić information content (AvgIpc) is 3.27. The highest BCUT2D eigenvalue weighted by Crippen LogP contribution is 2.41. The average molecular weight is 252 g/mol. The molecule has 0 spiro atoms. The maximum absolute atomic E-state index is 4.15. The summed E-state index contributed by atoms with van der Waals surface area (Å²) < 4.78 is 0. The molecule has 2 heteroatoms. The Hall–Kier alpha value is -1.67. The van der Waals surface area contributed by atoms with Crippen LogP contribution in [0.3, 0.4) is 0 Å². The topological polar surface area (TPSA) is 24.9 Å². The fraction of sp³-hybridized carbons (Fsp3) is 0.353. The number of rotatable bonds is 5. The molecule has 1 atom stereocenters. The molecule has 98 valence electrons. The van der Waals surface area contributed by atoms with Crippen molar-refractivity contribution in [3.63, 3.8) is 0 Å². The van der Waals surface area contributed by atoms with Crippen LogP contribution in [0.4, 0.5) is 0 Å². The molecule has 1 aromatic carbocycles. The molecule has 0 amide bonds. The Morgan fingerprint density at radius 1 is 1.21 bits per heavy atom. The van der Waals surface area contributed by atoms with E-state index in [-0.39, 0.29) is 0 Å². The van der Waals surface area contributed by atoms with Gasteiger partial charge in [0.1, 0.15) is 0 Å². The first-order valence-corrected chi connectivity index (χ1v) is 7.02. The van der Waals surface area contributed by atoms with Crippen LogP contribution in [0.25, 0.3) is 0 Å². The van der Waals surface area contributed by atoms with Gasteiger partial charge in [-0.1, -0.05) is 30.3 Å². The van der Waals surface area contributed by atoms with Crippen molar-refractivity contribution in [3.8, 4) is 0 Å². The Bertz CT molecular complexity index is 532. The molecule has 0 saturated heterocycles. The predicted molar refractivity (Wildman–Crippen MR) is 77.7 cm³/mol. The molecule has 1 N–H and O–H groups in total. The molecule has 1 aliphatic carbocycles. The summed E-state index contributed by atoms with van der Waals surface area (Å²) >= 11 is 0. The Balaban J connectivity index is 1.71.